The third-order valence-corrected chi connectivity index (χ3v) is 5.64. The van der Waals surface area contributed by atoms with Crippen LogP contribution in [0.5, 0.6) is 5.75 Å². The first-order valence-corrected chi connectivity index (χ1v) is 9.01. The molecule has 25 heavy (non-hydrogen) atoms. The van der Waals surface area contributed by atoms with Gasteiger partial charge in [0.05, 0.1) is 23.1 Å². The molecule has 2 rings (SSSR count). The second-order valence-electron chi connectivity index (χ2n) is 7.18. The van der Waals surface area contributed by atoms with E-state index >= 15 is 0 Å². The highest BCUT2D eigenvalue weighted by atomic mass is 16.5. The Morgan fingerprint density at radius 3 is 2.04 bits per heavy atom. The number of ketones is 1. The predicted molar refractivity (Wildman–Crippen MR) is 95.9 cm³/mol. The molecular weight excluding hydrogens is 312 g/mol. The summed E-state index contributed by atoms with van der Waals surface area (Å²) in [6.45, 7) is 7.71. The molecule has 2 atom stereocenters. The molecule has 1 heterocycles. The highest BCUT2D eigenvalue weighted by Gasteiger charge is 2.60. The number of benzene rings is 1. The zero-order valence-corrected chi connectivity index (χ0v) is 15.5. The minimum absolute atomic E-state index is 0.0160. The minimum Gasteiger partial charge on any atom is -0.485 e. The highest BCUT2D eigenvalue weighted by Crippen LogP contribution is 2.55. The van der Waals surface area contributed by atoms with Crippen LogP contribution in [-0.4, -0.2) is 11.4 Å². The first-order chi connectivity index (χ1) is 11.9. The number of Topliss-reactive ketones (excluding diaryl/α,β-unsaturated/α-hetero) is 1. The SMILES string of the molecule is CCC1(CC)Oc2ccccc2C(=O)C1(CC(C)C#N)CC(C)C#N. The Kier molecular flexibility index (Phi) is 5.53. The van der Waals surface area contributed by atoms with E-state index in [-0.39, 0.29) is 17.6 Å². The number of fused-ring (bicyclic) bond motifs is 1. The van der Waals surface area contributed by atoms with Gasteiger partial charge in [0, 0.05) is 11.8 Å². The molecule has 4 nitrogen and oxygen atoms in total. The van der Waals surface area contributed by atoms with Gasteiger partial charge in [-0.05, 0) is 51.7 Å². The molecule has 1 aromatic rings. The van der Waals surface area contributed by atoms with Crippen molar-refractivity contribution in [2.45, 2.75) is 59.0 Å². The van der Waals surface area contributed by atoms with Crippen LogP contribution in [0.15, 0.2) is 24.3 Å². The Balaban J connectivity index is 2.72. The average Bonchev–Trinajstić information content (AvgIpc) is 2.64. The fourth-order valence-electron chi connectivity index (χ4n) is 4.36. The van der Waals surface area contributed by atoms with E-state index in [0.29, 0.717) is 37.0 Å². The van der Waals surface area contributed by atoms with Gasteiger partial charge in [0.25, 0.3) is 0 Å². The zero-order chi connectivity index (χ0) is 18.7. The Hall–Kier alpha value is -2.33. The molecule has 0 aromatic heterocycles. The lowest BCUT2D eigenvalue weighted by atomic mass is 9.56. The topological polar surface area (TPSA) is 73.9 Å². The van der Waals surface area contributed by atoms with Crippen LogP contribution in [0, 0.1) is 39.9 Å². The van der Waals surface area contributed by atoms with E-state index in [4.69, 9.17) is 4.74 Å². The van der Waals surface area contributed by atoms with E-state index in [0.717, 1.165) is 0 Å². The quantitative estimate of drug-likeness (QED) is 0.739. The molecule has 1 aliphatic heterocycles. The molecule has 4 heteroatoms. The van der Waals surface area contributed by atoms with Gasteiger partial charge in [-0.15, -0.1) is 0 Å². The van der Waals surface area contributed by atoms with Crippen LogP contribution < -0.4 is 4.74 Å². The minimum atomic E-state index is -0.866. The Morgan fingerprint density at radius 1 is 1.04 bits per heavy atom. The molecule has 0 amide bonds. The van der Waals surface area contributed by atoms with Gasteiger partial charge < -0.3 is 4.74 Å². The number of hydrogen-bond acceptors (Lipinski definition) is 4. The summed E-state index contributed by atoms with van der Waals surface area (Å²) in [4.78, 5) is 13.7. The lowest BCUT2D eigenvalue weighted by molar-refractivity contribution is -0.0751. The van der Waals surface area contributed by atoms with E-state index in [2.05, 4.69) is 12.1 Å². The van der Waals surface area contributed by atoms with Crippen molar-refractivity contribution in [3.8, 4) is 17.9 Å². The maximum absolute atomic E-state index is 13.7. The molecule has 0 saturated heterocycles. The second kappa shape index (κ2) is 7.28. The molecule has 0 fully saturated rings. The van der Waals surface area contributed by atoms with Gasteiger partial charge in [0.2, 0.25) is 0 Å². The number of ether oxygens (including phenoxy) is 1. The van der Waals surface area contributed by atoms with Gasteiger partial charge in [-0.25, -0.2) is 0 Å². The molecule has 0 aliphatic carbocycles. The van der Waals surface area contributed by atoms with Crippen molar-refractivity contribution in [2.75, 3.05) is 0 Å². The van der Waals surface area contributed by atoms with Gasteiger partial charge in [-0.1, -0.05) is 26.0 Å². The fraction of sp³-hybridized carbons (Fsp3) is 0.571. The van der Waals surface area contributed by atoms with Crippen molar-refractivity contribution in [3.63, 3.8) is 0 Å². The van der Waals surface area contributed by atoms with Crippen LogP contribution in [0.25, 0.3) is 0 Å². The molecular formula is C21H26N2O2. The molecule has 132 valence electrons. The smallest absolute Gasteiger partial charge is 0.176 e. The average molecular weight is 338 g/mol. The highest BCUT2D eigenvalue weighted by molar-refractivity contribution is 6.04. The lowest BCUT2D eigenvalue weighted by Gasteiger charge is -2.53. The summed E-state index contributed by atoms with van der Waals surface area (Å²) in [5.74, 6) is 0.0469. The standard InChI is InChI=1S/C21H26N2O2/c1-5-21(6-2)20(11-15(3)13-22,12-16(4)14-23)19(24)17-9-7-8-10-18(17)25-21/h7-10,15-16H,5-6,11-12H2,1-4H3. The lowest BCUT2D eigenvalue weighted by Crippen LogP contribution is -2.60. The van der Waals surface area contributed by atoms with E-state index in [9.17, 15) is 15.3 Å². The number of hydrogen-bond donors (Lipinski definition) is 0. The summed E-state index contributed by atoms with van der Waals surface area (Å²) < 4.78 is 6.46. The molecule has 0 radical (unpaired) electrons. The number of nitrogens with zero attached hydrogens (tertiary/aromatic N) is 2. The van der Waals surface area contributed by atoms with E-state index in [1.807, 2.05) is 45.9 Å². The number of para-hydroxylation sites is 1. The Morgan fingerprint density at radius 2 is 1.56 bits per heavy atom. The van der Waals surface area contributed by atoms with Gasteiger partial charge in [0.1, 0.15) is 11.4 Å². The van der Waals surface area contributed by atoms with Gasteiger partial charge in [-0.3, -0.25) is 4.79 Å². The Labute approximate surface area is 150 Å². The number of carbonyl (C=O) groups excluding carboxylic acids is 1. The normalized spacial score (nSPS) is 23.5. The van der Waals surface area contributed by atoms with E-state index in [1.54, 1.807) is 6.07 Å². The first-order valence-electron chi connectivity index (χ1n) is 9.01. The van der Waals surface area contributed by atoms with Crippen LogP contribution in [-0.2, 0) is 0 Å². The van der Waals surface area contributed by atoms with Crippen molar-refractivity contribution < 1.29 is 9.53 Å². The summed E-state index contributed by atoms with van der Waals surface area (Å²) in [5, 5.41) is 18.8. The maximum atomic E-state index is 13.7. The van der Waals surface area contributed by atoms with Crippen molar-refractivity contribution >= 4 is 5.78 Å². The van der Waals surface area contributed by atoms with Crippen LogP contribution in [0.3, 0.4) is 0 Å². The molecule has 1 aromatic carbocycles. The molecule has 0 spiro atoms. The number of carbonyl (C=O) groups is 1. The number of nitriles is 2. The summed E-state index contributed by atoms with van der Waals surface area (Å²) in [6, 6.07) is 11.9. The molecule has 0 saturated carbocycles. The summed E-state index contributed by atoms with van der Waals surface area (Å²) >= 11 is 0. The summed E-state index contributed by atoms with van der Waals surface area (Å²) in [5.41, 5.74) is -1.00. The molecule has 1 aliphatic rings. The van der Waals surface area contributed by atoms with Crippen molar-refractivity contribution in [1.82, 2.24) is 0 Å². The van der Waals surface area contributed by atoms with Crippen LogP contribution >= 0.6 is 0 Å². The van der Waals surface area contributed by atoms with Crippen LogP contribution in [0.1, 0.15) is 63.7 Å². The Bertz CT molecular complexity index is 700. The van der Waals surface area contributed by atoms with Crippen molar-refractivity contribution in [1.29, 1.82) is 10.5 Å². The first kappa shape index (κ1) is 19.0. The molecule has 2 unspecified atom stereocenters. The monoisotopic (exact) mass is 338 g/mol. The zero-order valence-electron chi connectivity index (χ0n) is 15.5. The number of rotatable bonds is 6. The van der Waals surface area contributed by atoms with Gasteiger partial charge in [-0.2, -0.15) is 10.5 Å². The third-order valence-electron chi connectivity index (χ3n) is 5.64. The fourth-order valence-corrected chi connectivity index (χ4v) is 4.36. The molecule has 0 bridgehead atoms. The maximum Gasteiger partial charge on any atom is 0.176 e. The van der Waals surface area contributed by atoms with E-state index in [1.165, 1.54) is 0 Å². The van der Waals surface area contributed by atoms with Crippen molar-refractivity contribution in [2.24, 2.45) is 17.3 Å². The van der Waals surface area contributed by atoms with Crippen LogP contribution in [0.4, 0.5) is 0 Å². The van der Waals surface area contributed by atoms with Gasteiger partial charge in [0.15, 0.2) is 5.78 Å². The summed E-state index contributed by atoms with van der Waals surface area (Å²) in [7, 11) is 0. The largest absolute Gasteiger partial charge is 0.485 e. The second-order valence-corrected chi connectivity index (χ2v) is 7.18. The molecule has 0 N–H and O–H groups in total. The third kappa shape index (κ3) is 3.02. The van der Waals surface area contributed by atoms with Crippen molar-refractivity contribution in [3.05, 3.63) is 29.8 Å². The predicted octanol–water partition coefficient (Wildman–Crippen LogP) is 4.91. The van der Waals surface area contributed by atoms with Crippen LogP contribution in [0.2, 0.25) is 0 Å². The van der Waals surface area contributed by atoms with E-state index < -0.39 is 11.0 Å². The van der Waals surface area contributed by atoms with Gasteiger partial charge >= 0.3 is 0 Å². The summed E-state index contributed by atoms with van der Waals surface area (Å²) in [6.07, 6.45) is 2.12.